The molecule has 4 heteroatoms. The maximum absolute atomic E-state index is 10.8. The van der Waals surface area contributed by atoms with Crippen LogP contribution in [0.5, 0.6) is 0 Å². The highest BCUT2D eigenvalue weighted by Crippen LogP contribution is 2.29. The molecule has 0 fully saturated rings. The number of carboxylic acids is 1. The third-order valence-electron chi connectivity index (χ3n) is 1.87. The van der Waals surface area contributed by atoms with E-state index in [1.165, 1.54) is 11.3 Å². The number of carbonyl (C=O) groups is 1. The van der Waals surface area contributed by atoms with Crippen LogP contribution in [0.2, 0.25) is 0 Å². The van der Waals surface area contributed by atoms with Crippen LogP contribution in [-0.4, -0.2) is 11.1 Å². The van der Waals surface area contributed by atoms with E-state index in [0.29, 0.717) is 9.75 Å². The monoisotopic (exact) mass is 195 g/mol. The molecule has 0 bridgehead atoms. The molecular weight excluding hydrogens is 186 g/mol. The van der Waals surface area contributed by atoms with E-state index in [2.05, 4.69) is 0 Å². The molecule has 0 atom stereocenters. The Bertz CT molecular complexity index is 373. The zero-order chi connectivity index (χ0) is 10.1. The summed E-state index contributed by atoms with van der Waals surface area (Å²) in [6.45, 7) is 3.25. The second-order valence-electron chi connectivity index (χ2n) is 3.21. The van der Waals surface area contributed by atoms with E-state index < -0.39 is 11.4 Å². The average Bonchev–Trinajstić information content (AvgIpc) is 2.51. The van der Waals surface area contributed by atoms with E-state index in [1.807, 2.05) is 6.07 Å². The lowest BCUT2D eigenvalue weighted by atomic mass is 9.92. The molecule has 0 saturated carbocycles. The van der Waals surface area contributed by atoms with Gasteiger partial charge in [-0.3, -0.25) is 4.79 Å². The second-order valence-corrected chi connectivity index (χ2v) is 4.29. The van der Waals surface area contributed by atoms with Crippen molar-refractivity contribution in [2.45, 2.75) is 19.3 Å². The van der Waals surface area contributed by atoms with Crippen molar-refractivity contribution in [3.05, 3.63) is 21.9 Å². The second kappa shape index (κ2) is 3.19. The summed E-state index contributed by atoms with van der Waals surface area (Å²) in [6, 6.07) is 5.32. The number of hydrogen-bond acceptors (Lipinski definition) is 3. The van der Waals surface area contributed by atoms with Crippen LogP contribution in [0.25, 0.3) is 0 Å². The number of rotatable bonds is 2. The Kier molecular flexibility index (Phi) is 2.39. The first-order chi connectivity index (χ1) is 5.98. The molecule has 0 aromatic carbocycles. The molecule has 0 saturated heterocycles. The van der Waals surface area contributed by atoms with Gasteiger partial charge < -0.3 is 5.11 Å². The average molecular weight is 195 g/mol. The van der Waals surface area contributed by atoms with Gasteiger partial charge in [0.2, 0.25) is 0 Å². The Morgan fingerprint density at radius 2 is 2.23 bits per heavy atom. The molecule has 1 heterocycles. The fraction of sp³-hybridized carbons (Fsp3) is 0.333. The summed E-state index contributed by atoms with van der Waals surface area (Å²) in [5, 5.41) is 17.5. The number of carboxylic acid groups (broad SMARTS) is 1. The highest BCUT2D eigenvalue weighted by atomic mass is 32.1. The number of hydrogen-bond donors (Lipinski definition) is 1. The van der Waals surface area contributed by atoms with Gasteiger partial charge in [0.15, 0.2) is 0 Å². The number of thiophene rings is 1. The minimum atomic E-state index is -0.903. The van der Waals surface area contributed by atoms with Crippen LogP contribution in [0.3, 0.4) is 0 Å². The Balaban J connectivity index is 3.09. The van der Waals surface area contributed by atoms with Crippen LogP contribution in [0.15, 0.2) is 12.1 Å². The predicted molar refractivity (Wildman–Crippen MR) is 49.7 cm³/mol. The van der Waals surface area contributed by atoms with Crippen molar-refractivity contribution < 1.29 is 9.90 Å². The molecule has 13 heavy (non-hydrogen) atoms. The summed E-state index contributed by atoms with van der Waals surface area (Å²) in [7, 11) is 0. The molecule has 1 N–H and O–H groups in total. The molecule has 68 valence electrons. The highest BCUT2D eigenvalue weighted by Gasteiger charge is 2.30. The van der Waals surface area contributed by atoms with E-state index >= 15 is 0 Å². The molecule has 0 unspecified atom stereocenters. The van der Waals surface area contributed by atoms with Crippen LogP contribution in [-0.2, 0) is 10.2 Å². The summed E-state index contributed by atoms with van der Waals surface area (Å²) < 4.78 is 0. The fourth-order valence-corrected chi connectivity index (χ4v) is 1.74. The van der Waals surface area contributed by atoms with Gasteiger partial charge in [0.25, 0.3) is 0 Å². The number of aliphatic carboxylic acids is 1. The standard InChI is InChI=1S/C9H9NO2S/c1-9(2,8(11)12)7-4-3-6(5-10)13-7/h3-4H,1-2H3,(H,11,12). The summed E-state index contributed by atoms with van der Waals surface area (Å²) >= 11 is 1.23. The zero-order valence-corrected chi connectivity index (χ0v) is 8.18. The van der Waals surface area contributed by atoms with E-state index in [9.17, 15) is 4.79 Å². The van der Waals surface area contributed by atoms with Gasteiger partial charge >= 0.3 is 5.97 Å². The third kappa shape index (κ3) is 1.70. The van der Waals surface area contributed by atoms with E-state index in [1.54, 1.807) is 26.0 Å². The fourth-order valence-electron chi connectivity index (χ4n) is 0.839. The molecular formula is C9H9NO2S. The van der Waals surface area contributed by atoms with Crippen LogP contribution in [0.1, 0.15) is 23.6 Å². The summed E-state index contributed by atoms with van der Waals surface area (Å²) in [6.07, 6.45) is 0. The zero-order valence-electron chi connectivity index (χ0n) is 7.37. The van der Waals surface area contributed by atoms with Crippen molar-refractivity contribution in [2.24, 2.45) is 0 Å². The molecule has 0 spiro atoms. The molecule has 0 aliphatic heterocycles. The maximum atomic E-state index is 10.8. The molecule has 3 nitrogen and oxygen atoms in total. The SMILES string of the molecule is CC(C)(C(=O)O)c1ccc(C#N)s1. The van der Waals surface area contributed by atoms with Crippen molar-refractivity contribution in [1.29, 1.82) is 5.26 Å². The van der Waals surface area contributed by atoms with E-state index in [4.69, 9.17) is 10.4 Å². The van der Waals surface area contributed by atoms with Gasteiger partial charge in [0, 0.05) is 4.88 Å². The quantitative estimate of drug-likeness (QED) is 0.784. The first kappa shape index (κ1) is 9.75. The summed E-state index contributed by atoms with van der Waals surface area (Å²) in [5.41, 5.74) is -0.903. The van der Waals surface area contributed by atoms with Crippen molar-refractivity contribution in [3.63, 3.8) is 0 Å². The van der Waals surface area contributed by atoms with E-state index in [-0.39, 0.29) is 0 Å². The third-order valence-corrected chi connectivity index (χ3v) is 3.18. The van der Waals surface area contributed by atoms with E-state index in [0.717, 1.165) is 0 Å². The Morgan fingerprint density at radius 1 is 1.62 bits per heavy atom. The smallest absolute Gasteiger partial charge is 0.314 e. The van der Waals surface area contributed by atoms with Crippen LogP contribution < -0.4 is 0 Å². The van der Waals surface area contributed by atoms with Gasteiger partial charge in [0.1, 0.15) is 10.9 Å². The lowest BCUT2D eigenvalue weighted by molar-refractivity contribution is -0.142. The first-order valence-corrected chi connectivity index (χ1v) is 4.54. The van der Waals surface area contributed by atoms with Gasteiger partial charge in [0.05, 0.1) is 5.41 Å². The van der Waals surface area contributed by atoms with Gasteiger partial charge in [-0.25, -0.2) is 0 Å². The molecule has 0 radical (unpaired) electrons. The molecule has 1 rings (SSSR count). The predicted octanol–water partition coefficient (Wildman–Crippen LogP) is 1.98. The van der Waals surface area contributed by atoms with Gasteiger partial charge in [-0.05, 0) is 26.0 Å². The first-order valence-electron chi connectivity index (χ1n) is 3.72. The minimum Gasteiger partial charge on any atom is -0.481 e. The Labute approximate surface area is 80.2 Å². The lowest BCUT2D eigenvalue weighted by Gasteiger charge is -2.16. The van der Waals surface area contributed by atoms with Crippen molar-refractivity contribution >= 4 is 17.3 Å². The normalized spacial score (nSPS) is 10.8. The molecule has 1 aromatic heterocycles. The number of nitriles is 1. The molecule has 0 aliphatic carbocycles. The van der Waals surface area contributed by atoms with Crippen LogP contribution in [0, 0.1) is 11.3 Å². The number of nitrogens with zero attached hydrogens (tertiary/aromatic N) is 1. The lowest BCUT2D eigenvalue weighted by Crippen LogP contribution is -2.27. The minimum absolute atomic E-state index is 0.546. The van der Waals surface area contributed by atoms with Gasteiger partial charge in [-0.1, -0.05) is 0 Å². The summed E-state index contributed by atoms with van der Waals surface area (Å²) in [5.74, 6) is -0.876. The van der Waals surface area contributed by atoms with Gasteiger partial charge in [-0.2, -0.15) is 5.26 Å². The van der Waals surface area contributed by atoms with Crippen molar-refractivity contribution in [1.82, 2.24) is 0 Å². The van der Waals surface area contributed by atoms with Crippen LogP contribution in [0.4, 0.5) is 0 Å². The largest absolute Gasteiger partial charge is 0.481 e. The van der Waals surface area contributed by atoms with Crippen molar-refractivity contribution in [2.75, 3.05) is 0 Å². The Hall–Kier alpha value is -1.34. The molecule has 0 aliphatic rings. The Morgan fingerprint density at radius 3 is 2.62 bits per heavy atom. The topological polar surface area (TPSA) is 61.1 Å². The summed E-state index contributed by atoms with van der Waals surface area (Å²) in [4.78, 5) is 12.1. The highest BCUT2D eigenvalue weighted by molar-refractivity contribution is 7.12. The maximum Gasteiger partial charge on any atom is 0.314 e. The van der Waals surface area contributed by atoms with Crippen molar-refractivity contribution in [3.8, 4) is 6.07 Å². The molecule has 1 aromatic rings. The van der Waals surface area contributed by atoms with Gasteiger partial charge in [-0.15, -0.1) is 11.3 Å². The van der Waals surface area contributed by atoms with Crippen LogP contribution >= 0.6 is 11.3 Å². The molecule has 0 amide bonds.